The van der Waals surface area contributed by atoms with Gasteiger partial charge in [0.15, 0.2) is 11.1 Å². The molecule has 0 bridgehead atoms. The van der Waals surface area contributed by atoms with Crippen LogP contribution in [0.5, 0.6) is 0 Å². The predicted molar refractivity (Wildman–Crippen MR) is 91.1 cm³/mol. The Morgan fingerprint density at radius 2 is 1.83 bits per heavy atom. The SMILES string of the molecule is Cc1c(C(=O)O)cc(CS(=O)O)c(NCc2ccccc2)c1C. The summed E-state index contributed by atoms with van der Waals surface area (Å²) in [5, 5.41) is 12.6. The first-order chi connectivity index (χ1) is 10.9. The van der Waals surface area contributed by atoms with Gasteiger partial charge in [-0.2, -0.15) is 0 Å². The van der Waals surface area contributed by atoms with Gasteiger partial charge in [-0.3, -0.25) is 0 Å². The molecule has 0 saturated carbocycles. The maximum Gasteiger partial charge on any atom is 0.335 e. The molecule has 3 N–H and O–H groups in total. The minimum atomic E-state index is -2.04. The van der Waals surface area contributed by atoms with Crippen LogP contribution in [0.2, 0.25) is 0 Å². The molecule has 122 valence electrons. The molecule has 1 atom stereocenters. The van der Waals surface area contributed by atoms with Crippen molar-refractivity contribution in [2.45, 2.75) is 26.1 Å². The first-order valence-corrected chi connectivity index (χ1v) is 8.39. The van der Waals surface area contributed by atoms with Crippen LogP contribution in [0.25, 0.3) is 0 Å². The number of carbonyl (C=O) groups is 1. The molecule has 2 aromatic rings. The molecule has 1 unspecified atom stereocenters. The number of nitrogens with one attached hydrogen (secondary N) is 1. The topological polar surface area (TPSA) is 86.6 Å². The fourth-order valence-electron chi connectivity index (χ4n) is 2.49. The van der Waals surface area contributed by atoms with Crippen molar-refractivity contribution in [3.05, 3.63) is 64.2 Å². The van der Waals surface area contributed by atoms with E-state index in [0.717, 1.165) is 16.8 Å². The Balaban J connectivity index is 2.41. The Bertz CT molecular complexity index is 744. The van der Waals surface area contributed by atoms with Crippen LogP contribution in [0.3, 0.4) is 0 Å². The van der Waals surface area contributed by atoms with Crippen LogP contribution < -0.4 is 5.32 Å². The number of hydrogen-bond donors (Lipinski definition) is 3. The lowest BCUT2D eigenvalue weighted by molar-refractivity contribution is 0.0696. The summed E-state index contributed by atoms with van der Waals surface area (Å²) in [4.78, 5) is 11.3. The molecular formula is C17H19NO4S. The highest BCUT2D eigenvalue weighted by Gasteiger charge is 2.17. The first kappa shape index (κ1) is 17.2. The molecule has 0 heterocycles. The van der Waals surface area contributed by atoms with Crippen molar-refractivity contribution in [2.24, 2.45) is 0 Å². The number of hydrogen-bond acceptors (Lipinski definition) is 3. The van der Waals surface area contributed by atoms with E-state index in [1.807, 2.05) is 37.3 Å². The van der Waals surface area contributed by atoms with Gasteiger partial charge in [-0.05, 0) is 42.2 Å². The summed E-state index contributed by atoms with van der Waals surface area (Å²) in [7, 11) is 0. The smallest absolute Gasteiger partial charge is 0.335 e. The Morgan fingerprint density at radius 1 is 1.17 bits per heavy atom. The van der Waals surface area contributed by atoms with Gasteiger partial charge in [0.05, 0.1) is 11.3 Å². The highest BCUT2D eigenvalue weighted by atomic mass is 32.2. The van der Waals surface area contributed by atoms with Crippen LogP contribution in [0.15, 0.2) is 36.4 Å². The molecule has 6 heteroatoms. The van der Waals surface area contributed by atoms with Crippen LogP contribution in [0.4, 0.5) is 5.69 Å². The standard InChI is InChI=1S/C17H19NO4S/c1-11-12(2)16(18-9-13-6-4-3-5-7-13)14(10-23(21)22)8-15(11)17(19)20/h3-8,18H,9-10H2,1-2H3,(H,19,20)(H,21,22). The van der Waals surface area contributed by atoms with Crippen molar-refractivity contribution in [1.29, 1.82) is 0 Å². The molecule has 0 spiro atoms. The van der Waals surface area contributed by atoms with E-state index in [-0.39, 0.29) is 11.3 Å². The van der Waals surface area contributed by atoms with Gasteiger partial charge in [-0.15, -0.1) is 0 Å². The van der Waals surface area contributed by atoms with Gasteiger partial charge < -0.3 is 15.0 Å². The summed E-state index contributed by atoms with van der Waals surface area (Å²) >= 11 is -2.04. The predicted octanol–water partition coefficient (Wildman–Crippen LogP) is 3.34. The third-order valence-electron chi connectivity index (χ3n) is 3.80. The molecular weight excluding hydrogens is 314 g/mol. The quantitative estimate of drug-likeness (QED) is 0.706. The Kier molecular flexibility index (Phi) is 5.52. The molecule has 23 heavy (non-hydrogen) atoms. The highest BCUT2D eigenvalue weighted by molar-refractivity contribution is 7.78. The molecule has 0 aliphatic rings. The van der Waals surface area contributed by atoms with Crippen LogP contribution in [-0.2, 0) is 23.4 Å². The van der Waals surface area contributed by atoms with Gasteiger partial charge in [0.1, 0.15) is 0 Å². The maximum absolute atomic E-state index is 11.3. The Morgan fingerprint density at radius 3 is 2.39 bits per heavy atom. The molecule has 2 aromatic carbocycles. The van der Waals surface area contributed by atoms with Crippen LogP contribution in [0, 0.1) is 13.8 Å². The summed E-state index contributed by atoms with van der Waals surface area (Å²) < 4.78 is 20.4. The second kappa shape index (κ2) is 7.39. The van der Waals surface area contributed by atoms with E-state index < -0.39 is 17.0 Å². The minimum absolute atomic E-state index is 0.113. The van der Waals surface area contributed by atoms with E-state index >= 15 is 0 Å². The molecule has 0 fully saturated rings. The fourth-order valence-corrected chi connectivity index (χ4v) is 2.98. The third-order valence-corrected chi connectivity index (χ3v) is 4.36. The van der Waals surface area contributed by atoms with Crippen molar-refractivity contribution >= 4 is 22.7 Å². The molecule has 5 nitrogen and oxygen atoms in total. The molecule has 2 rings (SSSR count). The molecule has 0 radical (unpaired) electrons. The number of rotatable bonds is 6. The van der Waals surface area contributed by atoms with Crippen molar-refractivity contribution in [3.8, 4) is 0 Å². The van der Waals surface area contributed by atoms with E-state index in [1.54, 1.807) is 6.92 Å². The van der Waals surface area contributed by atoms with Crippen LogP contribution in [-0.4, -0.2) is 19.8 Å². The Hall–Kier alpha value is -2.18. The van der Waals surface area contributed by atoms with E-state index in [1.165, 1.54) is 6.07 Å². The summed E-state index contributed by atoms with van der Waals surface area (Å²) in [6.45, 7) is 4.11. The average Bonchev–Trinajstić information content (AvgIpc) is 2.50. The lowest BCUT2D eigenvalue weighted by atomic mass is 9.97. The largest absolute Gasteiger partial charge is 0.478 e. The summed E-state index contributed by atoms with van der Waals surface area (Å²) in [5.74, 6) is -1.15. The van der Waals surface area contributed by atoms with Gasteiger partial charge in [0, 0.05) is 12.2 Å². The number of aromatic carboxylic acids is 1. The lowest BCUT2D eigenvalue weighted by Gasteiger charge is -2.18. The maximum atomic E-state index is 11.3. The third kappa shape index (κ3) is 4.18. The van der Waals surface area contributed by atoms with E-state index in [2.05, 4.69) is 5.32 Å². The molecule has 0 aliphatic heterocycles. The monoisotopic (exact) mass is 333 g/mol. The van der Waals surface area contributed by atoms with Crippen molar-refractivity contribution in [1.82, 2.24) is 0 Å². The summed E-state index contributed by atoms with van der Waals surface area (Å²) in [6.07, 6.45) is 0. The van der Waals surface area contributed by atoms with Crippen LogP contribution >= 0.6 is 0 Å². The second-order valence-corrected chi connectivity index (χ2v) is 6.25. The second-order valence-electron chi connectivity index (χ2n) is 5.32. The molecule has 0 aromatic heterocycles. The number of benzene rings is 2. The average molecular weight is 333 g/mol. The molecule has 0 amide bonds. The van der Waals surface area contributed by atoms with Gasteiger partial charge >= 0.3 is 5.97 Å². The zero-order chi connectivity index (χ0) is 17.0. The van der Waals surface area contributed by atoms with Crippen molar-refractivity contribution < 1.29 is 18.7 Å². The van der Waals surface area contributed by atoms with Gasteiger partial charge in [0.2, 0.25) is 0 Å². The number of anilines is 1. The fraction of sp³-hybridized carbons (Fsp3) is 0.235. The first-order valence-electron chi connectivity index (χ1n) is 7.11. The van der Waals surface area contributed by atoms with Crippen molar-refractivity contribution in [3.63, 3.8) is 0 Å². The summed E-state index contributed by atoms with van der Waals surface area (Å²) in [5.41, 5.74) is 3.92. The highest BCUT2D eigenvalue weighted by Crippen LogP contribution is 2.29. The van der Waals surface area contributed by atoms with E-state index in [0.29, 0.717) is 17.7 Å². The lowest BCUT2D eigenvalue weighted by Crippen LogP contribution is -2.11. The minimum Gasteiger partial charge on any atom is -0.478 e. The van der Waals surface area contributed by atoms with E-state index in [4.69, 9.17) is 0 Å². The van der Waals surface area contributed by atoms with Gasteiger partial charge in [-0.1, -0.05) is 30.3 Å². The normalized spacial score (nSPS) is 12.0. The van der Waals surface area contributed by atoms with Gasteiger partial charge in [-0.25, -0.2) is 9.00 Å². The number of carboxylic acids is 1. The van der Waals surface area contributed by atoms with Gasteiger partial charge in [0.25, 0.3) is 0 Å². The van der Waals surface area contributed by atoms with Crippen molar-refractivity contribution in [2.75, 3.05) is 5.32 Å². The zero-order valence-corrected chi connectivity index (χ0v) is 13.8. The van der Waals surface area contributed by atoms with E-state index in [9.17, 15) is 18.7 Å². The summed E-state index contributed by atoms with van der Waals surface area (Å²) in [6, 6.07) is 11.2. The molecule has 0 saturated heterocycles. The Labute approximate surface area is 137 Å². The van der Waals surface area contributed by atoms with Crippen LogP contribution in [0.1, 0.15) is 32.6 Å². The zero-order valence-electron chi connectivity index (χ0n) is 13.0. The molecule has 0 aliphatic carbocycles. The number of carboxylic acid groups (broad SMARTS) is 1.